The van der Waals surface area contributed by atoms with Crippen LogP contribution in [0.4, 0.5) is 0 Å². The van der Waals surface area contributed by atoms with Crippen LogP contribution in [0.3, 0.4) is 0 Å². The molecule has 22 heavy (non-hydrogen) atoms. The minimum absolute atomic E-state index is 0.00404. The molecule has 0 saturated heterocycles. The average Bonchev–Trinajstić information content (AvgIpc) is 2.52. The third-order valence-electron chi connectivity index (χ3n) is 3.36. The molecule has 0 amide bonds. The van der Waals surface area contributed by atoms with Gasteiger partial charge in [0.25, 0.3) is 0 Å². The van der Waals surface area contributed by atoms with Gasteiger partial charge in [-0.25, -0.2) is 0 Å². The van der Waals surface area contributed by atoms with Crippen molar-refractivity contribution >= 4 is 54.5 Å². The van der Waals surface area contributed by atoms with Gasteiger partial charge in [-0.2, -0.15) is 0 Å². The zero-order chi connectivity index (χ0) is 15.5. The monoisotopic (exact) mass is 414 g/mol. The molecule has 0 aliphatic carbocycles. The quantitative estimate of drug-likeness (QED) is 0.364. The highest BCUT2D eigenvalue weighted by molar-refractivity contribution is 9.10. The predicted molar refractivity (Wildman–Crippen MR) is 99.2 cm³/mol. The molecule has 108 valence electrons. The van der Waals surface area contributed by atoms with Crippen LogP contribution in [-0.2, 0) is 0 Å². The molecule has 1 nitrogen and oxygen atoms in total. The largest absolute Gasteiger partial charge is 0.289 e. The Hall–Kier alpha value is -1.71. The topological polar surface area (TPSA) is 17.1 Å². The lowest BCUT2D eigenvalue weighted by molar-refractivity contribution is 0.104. The fourth-order valence-corrected chi connectivity index (χ4v) is 3.03. The highest BCUT2D eigenvalue weighted by atomic mass is 79.9. The maximum absolute atomic E-state index is 12.2. The normalized spacial score (nSPS) is 11.2. The van der Waals surface area contributed by atoms with Crippen molar-refractivity contribution in [2.24, 2.45) is 0 Å². The van der Waals surface area contributed by atoms with Crippen LogP contribution >= 0.6 is 31.9 Å². The van der Waals surface area contributed by atoms with E-state index in [-0.39, 0.29) is 5.78 Å². The van der Waals surface area contributed by atoms with Crippen LogP contribution < -0.4 is 0 Å². The number of fused-ring (bicyclic) bond motifs is 1. The summed E-state index contributed by atoms with van der Waals surface area (Å²) in [6.45, 7) is 0. The van der Waals surface area contributed by atoms with Crippen molar-refractivity contribution in [2.45, 2.75) is 0 Å². The molecule has 0 bridgehead atoms. The summed E-state index contributed by atoms with van der Waals surface area (Å²) in [6, 6.07) is 19.7. The molecule has 3 rings (SSSR count). The Morgan fingerprint density at radius 1 is 0.818 bits per heavy atom. The smallest absolute Gasteiger partial charge is 0.185 e. The first-order valence-corrected chi connectivity index (χ1v) is 8.38. The number of carbonyl (C=O) groups excluding carboxylic acids is 1. The zero-order valence-corrected chi connectivity index (χ0v) is 14.8. The van der Waals surface area contributed by atoms with E-state index in [0.717, 1.165) is 19.9 Å². The predicted octanol–water partition coefficient (Wildman–Crippen LogP) is 6.26. The summed E-state index contributed by atoms with van der Waals surface area (Å²) in [5, 5.41) is 2.32. The molecule has 0 aliphatic heterocycles. The maximum Gasteiger partial charge on any atom is 0.185 e. The zero-order valence-electron chi connectivity index (χ0n) is 11.6. The van der Waals surface area contributed by atoms with Gasteiger partial charge in [-0.05, 0) is 52.7 Å². The second kappa shape index (κ2) is 6.59. The first-order chi connectivity index (χ1) is 10.6. The van der Waals surface area contributed by atoms with Gasteiger partial charge in [-0.15, -0.1) is 0 Å². The number of ketones is 1. The molecule has 0 fully saturated rings. The van der Waals surface area contributed by atoms with E-state index in [1.54, 1.807) is 6.08 Å². The number of halogens is 2. The fourth-order valence-electron chi connectivity index (χ4n) is 2.25. The van der Waals surface area contributed by atoms with Crippen LogP contribution in [0.25, 0.3) is 16.8 Å². The van der Waals surface area contributed by atoms with Gasteiger partial charge in [0.05, 0.1) is 0 Å². The molecule has 0 radical (unpaired) electrons. The molecule has 0 aromatic heterocycles. The van der Waals surface area contributed by atoms with E-state index in [4.69, 9.17) is 0 Å². The number of allylic oxidation sites excluding steroid dienone is 1. The Morgan fingerprint density at radius 3 is 2.41 bits per heavy atom. The lowest BCUT2D eigenvalue weighted by atomic mass is 10.1. The van der Waals surface area contributed by atoms with Gasteiger partial charge >= 0.3 is 0 Å². The molecule has 3 aromatic rings. The van der Waals surface area contributed by atoms with Crippen molar-refractivity contribution in [1.29, 1.82) is 0 Å². The molecule has 0 unspecified atom stereocenters. The first kappa shape index (κ1) is 15.2. The second-order valence-corrected chi connectivity index (χ2v) is 6.79. The number of rotatable bonds is 3. The Bertz CT molecular complexity index is 881. The minimum atomic E-state index is -0.00404. The molecule has 0 saturated carbocycles. The maximum atomic E-state index is 12.2. The van der Waals surface area contributed by atoms with E-state index < -0.39 is 0 Å². The summed E-state index contributed by atoms with van der Waals surface area (Å²) in [5.41, 5.74) is 1.68. The summed E-state index contributed by atoms with van der Waals surface area (Å²) >= 11 is 6.86. The number of hydrogen-bond acceptors (Lipinski definition) is 1. The summed E-state index contributed by atoms with van der Waals surface area (Å²) < 4.78 is 1.95. The third kappa shape index (κ3) is 3.54. The van der Waals surface area contributed by atoms with Gasteiger partial charge in [0.2, 0.25) is 0 Å². The van der Waals surface area contributed by atoms with Gasteiger partial charge in [-0.1, -0.05) is 68.3 Å². The summed E-state index contributed by atoms with van der Waals surface area (Å²) in [7, 11) is 0. The Morgan fingerprint density at radius 2 is 1.59 bits per heavy atom. The van der Waals surface area contributed by atoms with Crippen molar-refractivity contribution in [3.63, 3.8) is 0 Å². The van der Waals surface area contributed by atoms with Gasteiger partial charge in [-0.3, -0.25) is 4.79 Å². The van der Waals surface area contributed by atoms with Gasteiger partial charge < -0.3 is 0 Å². The molecule has 0 aliphatic rings. The van der Waals surface area contributed by atoms with Crippen LogP contribution in [-0.4, -0.2) is 5.78 Å². The van der Waals surface area contributed by atoms with Gasteiger partial charge in [0.1, 0.15) is 0 Å². The second-order valence-electron chi connectivity index (χ2n) is 4.96. The van der Waals surface area contributed by atoms with Crippen molar-refractivity contribution in [3.8, 4) is 0 Å². The molecule has 0 heterocycles. The Balaban J connectivity index is 1.87. The minimum Gasteiger partial charge on any atom is -0.289 e. The van der Waals surface area contributed by atoms with E-state index in [1.165, 1.54) is 5.39 Å². The third-order valence-corrected chi connectivity index (χ3v) is 4.35. The van der Waals surface area contributed by atoms with Crippen molar-refractivity contribution in [1.82, 2.24) is 0 Å². The molecule has 3 aromatic carbocycles. The molecule has 3 heteroatoms. The average molecular weight is 416 g/mol. The number of hydrogen-bond donors (Lipinski definition) is 0. The fraction of sp³-hybridized carbons (Fsp3) is 0. The lowest BCUT2D eigenvalue weighted by Gasteiger charge is -2.01. The summed E-state index contributed by atoms with van der Waals surface area (Å²) in [4.78, 5) is 12.2. The van der Waals surface area contributed by atoms with Crippen molar-refractivity contribution in [2.75, 3.05) is 0 Å². The van der Waals surface area contributed by atoms with Gasteiger partial charge in [0.15, 0.2) is 5.78 Å². The van der Waals surface area contributed by atoms with E-state index in [9.17, 15) is 4.79 Å². The van der Waals surface area contributed by atoms with Crippen LogP contribution in [0.15, 0.2) is 75.7 Å². The summed E-state index contributed by atoms with van der Waals surface area (Å²) in [6.07, 6.45) is 3.46. The van der Waals surface area contributed by atoms with Gasteiger partial charge in [0, 0.05) is 14.5 Å². The first-order valence-electron chi connectivity index (χ1n) is 6.79. The highest BCUT2D eigenvalue weighted by Crippen LogP contribution is 2.21. The Kier molecular flexibility index (Phi) is 4.55. The van der Waals surface area contributed by atoms with Crippen LogP contribution in [0, 0.1) is 0 Å². The van der Waals surface area contributed by atoms with E-state index in [0.29, 0.717) is 5.56 Å². The summed E-state index contributed by atoms with van der Waals surface area (Å²) in [5.74, 6) is -0.00404. The molecular weight excluding hydrogens is 404 g/mol. The highest BCUT2D eigenvalue weighted by Gasteiger charge is 2.02. The lowest BCUT2D eigenvalue weighted by Crippen LogP contribution is -1.93. The van der Waals surface area contributed by atoms with E-state index in [1.807, 2.05) is 42.5 Å². The van der Waals surface area contributed by atoms with Crippen LogP contribution in [0.2, 0.25) is 0 Å². The van der Waals surface area contributed by atoms with Crippen molar-refractivity contribution < 1.29 is 4.79 Å². The van der Waals surface area contributed by atoms with Crippen molar-refractivity contribution in [3.05, 3.63) is 86.8 Å². The standard InChI is InChI=1S/C19H12Br2O/c20-17-3-1-2-15(11-17)19(22)9-5-13-4-6-14-7-8-18(21)12-16(14)10-13/h1-12H/b9-5+. The number of carbonyl (C=O) groups is 1. The SMILES string of the molecule is O=C(/C=C/c1ccc2ccc(Br)cc2c1)c1cccc(Br)c1. The van der Waals surface area contributed by atoms with E-state index >= 15 is 0 Å². The molecule has 0 spiro atoms. The van der Waals surface area contributed by atoms with Crippen LogP contribution in [0.1, 0.15) is 15.9 Å². The van der Waals surface area contributed by atoms with E-state index in [2.05, 4.69) is 56.1 Å². The Labute approximate surface area is 145 Å². The molecular formula is C19H12Br2O. The number of benzene rings is 3. The van der Waals surface area contributed by atoms with Crippen LogP contribution in [0.5, 0.6) is 0 Å². The molecule has 0 atom stereocenters. The molecule has 0 N–H and O–H groups in total.